The van der Waals surface area contributed by atoms with Gasteiger partial charge in [-0.15, -0.1) is 0 Å². The molecule has 0 aliphatic rings. The highest BCUT2D eigenvalue weighted by Crippen LogP contribution is 2.29. The Morgan fingerprint density at radius 2 is 2.06 bits per heavy atom. The van der Waals surface area contributed by atoms with Gasteiger partial charge >= 0.3 is 11.5 Å². The smallest absolute Gasteiger partial charge is 0.441 e. The van der Waals surface area contributed by atoms with Crippen molar-refractivity contribution in [1.29, 1.82) is 0 Å². The largest absolute Gasteiger partial charge is 0.465 e. The van der Waals surface area contributed by atoms with Crippen LogP contribution in [0.1, 0.15) is 26.7 Å². The van der Waals surface area contributed by atoms with E-state index < -0.39 is 17.5 Å². The molecule has 0 aliphatic carbocycles. The van der Waals surface area contributed by atoms with Crippen molar-refractivity contribution in [3.8, 4) is 0 Å². The summed E-state index contributed by atoms with van der Waals surface area (Å²) in [5, 5.41) is 2.78. The highest BCUT2D eigenvalue weighted by atomic mass is 32.2. The molecule has 0 saturated carbocycles. The van der Waals surface area contributed by atoms with Crippen LogP contribution in [0.25, 0.3) is 0 Å². The Hall–Kier alpha value is -0.430. The number of carbonyl (C=O) groups is 1. The minimum Gasteiger partial charge on any atom is -0.465 e. The van der Waals surface area contributed by atoms with Crippen LogP contribution < -0.4 is 5.32 Å². The van der Waals surface area contributed by atoms with Crippen LogP contribution in [-0.4, -0.2) is 36.4 Å². The minimum atomic E-state index is -4.22. The zero-order chi connectivity index (χ0) is 13.3. The Balaban J connectivity index is 3.89. The van der Waals surface area contributed by atoms with Gasteiger partial charge in [0.15, 0.2) is 0 Å². The van der Waals surface area contributed by atoms with E-state index in [1.807, 2.05) is 6.92 Å². The van der Waals surface area contributed by atoms with E-state index in [-0.39, 0.29) is 30.7 Å². The second kappa shape index (κ2) is 8.63. The lowest BCUT2D eigenvalue weighted by atomic mass is 10.2. The summed E-state index contributed by atoms with van der Waals surface area (Å²) in [6.07, 6.45) is 1.33. The number of alkyl halides is 3. The van der Waals surface area contributed by atoms with Crippen LogP contribution >= 0.6 is 11.8 Å². The average molecular weight is 273 g/mol. The van der Waals surface area contributed by atoms with Crippen molar-refractivity contribution in [2.45, 2.75) is 38.2 Å². The molecular weight excluding hydrogens is 255 g/mol. The van der Waals surface area contributed by atoms with Crippen molar-refractivity contribution in [3.63, 3.8) is 0 Å². The van der Waals surface area contributed by atoms with Crippen molar-refractivity contribution >= 4 is 17.7 Å². The molecule has 0 amide bonds. The lowest BCUT2D eigenvalue weighted by molar-refractivity contribution is -0.145. The summed E-state index contributed by atoms with van der Waals surface area (Å²) in [5.74, 6) is -0.505. The fourth-order valence-electron chi connectivity index (χ4n) is 1.23. The Morgan fingerprint density at radius 3 is 2.53 bits per heavy atom. The normalized spacial score (nSPS) is 13.5. The standard InChI is InChI=1S/C10H18F3NO2S/c1-3-5-8(9(15)16-4-2)14-6-7-17-10(11,12)13/h8,14H,3-7H2,1-2H3. The number of hydrogen-bond donors (Lipinski definition) is 1. The third-order valence-electron chi connectivity index (χ3n) is 1.91. The number of carbonyl (C=O) groups excluding carboxylic acids is 1. The summed E-state index contributed by atoms with van der Waals surface area (Å²) >= 11 is -0.0959. The van der Waals surface area contributed by atoms with E-state index in [1.54, 1.807) is 6.92 Å². The predicted molar refractivity (Wildman–Crippen MR) is 61.8 cm³/mol. The zero-order valence-corrected chi connectivity index (χ0v) is 10.8. The summed E-state index contributed by atoms with van der Waals surface area (Å²) < 4.78 is 40.4. The lowest BCUT2D eigenvalue weighted by Crippen LogP contribution is -2.39. The Kier molecular flexibility index (Phi) is 8.41. The van der Waals surface area contributed by atoms with Crippen molar-refractivity contribution in [3.05, 3.63) is 0 Å². The molecule has 7 heteroatoms. The van der Waals surface area contributed by atoms with Crippen LogP contribution in [0.15, 0.2) is 0 Å². The van der Waals surface area contributed by atoms with Gasteiger partial charge in [-0.3, -0.25) is 4.79 Å². The number of thioether (sulfide) groups is 1. The Bertz CT molecular complexity index is 224. The van der Waals surface area contributed by atoms with Gasteiger partial charge in [0.25, 0.3) is 0 Å². The monoisotopic (exact) mass is 273 g/mol. The second-order valence-electron chi connectivity index (χ2n) is 3.34. The van der Waals surface area contributed by atoms with E-state index in [0.717, 1.165) is 6.42 Å². The Morgan fingerprint density at radius 1 is 1.41 bits per heavy atom. The van der Waals surface area contributed by atoms with Gasteiger partial charge in [-0.1, -0.05) is 13.3 Å². The molecule has 0 aromatic rings. The van der Waals surface area contributed by atoms with Crippen LogP contribution in [0, 0.1) is 0 Å². The first-order valence-electron chi connectivity index (χ1n) is 5.51. The molecule has 1 atom stereocenters. The third-order valence-corrected chi connectivity index (χ3v) is 2.64. The highest BCUT2D eigenvalue weighted by molar-refractivity contribution is 8.00. The van der Waals surface area contributed by atoms with Crippen molar-refractivity contribution < 1.29 is 22.7 Å². The van der Waals surface area contributed by atoms with Crippen molar-refractivity contribution in [2.75, 3.05) is 18.9 Å². The van der Waals surface area contributed by atoms with Gasteiger partial charge < -0.3 is 10.1 Å². The van der Waals surface area contributed by atoms with E-state index in [1.165, 1.54) is 0 Å². The SMILES string of the molecule is CCCC(NCCSC(F)(F)F)C(=O)OCC. The molecule has 0 rings (SSSR count). The number of esters is 1. The molecule has 0 spiro atoms. The van der Waals surface area contributed by atoms with Crippen LogP contribution in [0.3, 0.4) is 0 Å². The number of halogens is 3. The van der Waals surface area contributed by atoms with E-state index in [0.29, 0.717) is 6.42 Å². The van der Waals surface area contributed by atoms with Crippen LogP contribution in [0.2, 0.25) is 0 Å². The van der Waals surface area contributed by atoms with Crippen molar-refractivity contribution in [1.82, 2.24) is 5.32 Å². The van der Waals surface area contributed by atoms with E-state index in [2.05, 4.69) is 5.32 Å². The van der Waals surface area contributed by atoms with Crippen LogP contribution in [-0.2, 0) is 9.53 Å². The van der Waals surface area contributed by atoms with E-state index in [4.69, 9.17) is 4.74 Å². The van der Waals surface area contributed by atoms with Crippen molar-refractivity contribution in [2.24, 2.45) is 0 Å². The van der Waals surface area contributed by atoms with Gasteiger partial charge in [-0.05, 0) is 25.1 Å². The van der Waals surface area contributed by atoms with Gasteiger partial charge in [0.1, 0.15) is 6.04 Å². The van der Waals surface area contributed by atoms with E-state index >= 15 is 0 Å². The molecule has 1 unspecified atom stereocenters. The highest BCUT2D eigenvalue weighted by Gasteiger charge is 2.27. The van der Waals surface area contributed by atoms with Gasteiger partial charge in [0, 0.05) is 12.3 Å². The van der Waals surface area contributed by atoms with Crippen LogP contribution in [0.5, 0.6) is 0 Å². The number of hydrogen-bond acceptors (Lipinski definition) is 4. The summed E-state index contributed by atoms with van der Waals surface area (Å²) in [6.45, 7) is 4.00. The molecule has 0 aromatic carbocycles. The predicted octanol–water partition coefficient (Wildman–Crippen LogP) is 2.56. The summed E-state index contributed by atoms with van der Waals surface area (Å²) in [7, 11) is 0. The summed E-state index contributed by atoms with van der Waals surface area (Å²) in [4.78, 5) is 11.4. The molecule has 1 N–H and O–H groups in total. The molecule has 0 aromatic heterocycles. The van der Waals surface area contributed by atoms with Gasteiger partial charge in [-0.25, -0.2) is 0 Å². The first kappa shape index (κ1) is 16.6. The Labute approximate surface area is 103 Å². The molecule has 0 aliphatic heterocycles. The molecule has 17 heavy (non-hydrogen) atoms. The van der Waals surface area contributed by atoms with Gasteiger partial charge in [-0.2, -0.15) is 13.2 Å². The molecule has 0 radical (unpaired) electrons. The summed E-state index contributed by atoms with van der Waals surface area (Å²) in [6, 6.07) is -0.506. The minimum absolute atomic E-state index is 0.0959. The van der Waals surface area contributed by atoms with Crippen LogP contribution in [0.4, 0.5) is 13.2 Å². The molecule has 0 saturated heterocycles. The topological polar surface area (TPSA) is 38.3 Å². The fraction of sp³-hybridized carbons (Fsp3) is 0.900. The molecule has 0 heterocycles. The maximum atomic E-state index is 11.9. The molecule has 102 valence electrons. The second-order valence-corrected chi connectivity index (χ2v) is 4.50. The fourth-order valence-corrected chi connectivity index (χ4v) is 1.69. The maximum Gasteiger partial charge on any atom is 0.441 e. The molecule has 0 fully saturated rings. The summed E-state index contributed by atoms with van der Waals surface area (Å²) in [5.41, 5.74) is -4.22. The van der Waals surface area contributed by atoms with Gasteiger partial charge in [0.2, 0.25) is 0 Å². The molecular formula is C10H18F3NO2S. The first-order valence-corrected chi connectivity index (χ1v) is 6.50. The zero-order valence-electron chi connectivity index (χ0n) is 9.97. The molecule has 0 bridgehead atoms. The third kappa shape index (κ3) is 9.29. The average Bonchev–Trinajstić information content (AvgIpc) is 2.21. The number of rotatable bonds is 8. The quantitative estimate of drug-likeness (QED) is 0.545. The van der Waals surface area contributed by atoms with E-state index in [9.17, 15) is 18.0 Å². The first-order chi connectivity index (χ1) is 7.90. The number of nitrogens with one attached hydrogen (secondary N) is 1. The van der Waals surface area contributed by atoms with Gasteiger partial charge in [0.05, 0.1) is 6.61 Å². The number of ether oxygens (including phenoxy) is 1. The molecule has 3 nitrogen and oxygen atoms in total. The maximum absolute atomic E-state index is 11.9. The lowest BCUT2D eigenvalue weighted by Gasteiger charge is -2.16.